The summed E-state index contributed by atoms with van der Waals surface area (Å²) in [6.07, 6.45) is -0.675. The van der Waals surface area contributed by atoms with E-state index in [1.807, 2.05) is 31.2 Å². The van der Waals surface area contributed by atoms with Crippen molar-refractivity contribution in [2.45, 2.75) is 51.2 Å². The van der Waals surface area contributed by atoms with E-state index in [4.69, 9.17) is 0 Å². The van der Waals surface area contributed by atoms with Gasteiger partial charge in [0.05, 0.1) is 17.0 Å². The Morgan fingerprint density at radius 2 is 1.76 bits per heavy atom. The molecule has 0 saturated heterocycles. The van der Waals surface area contributed by atoms with Crippen LogP contribution in [0.1, 0.15) is 64.3 Å². The predicted octanol–water partition coefficient (Wildman–Crippen LogP) is 7.25. The van der Waals surface area contributed by atoms with Crippen LogP contribution in [0, 0.1) is 6.92 Å². The largest absolute Gasteiger partial charge is 0.507 e. The molecule has 1 aliphatic carbocycles. The topological polar surface area (TPSA) is 96.3 Å². The molecule has 212 valence electrons. The number of aromatic hydroxyl groups is 1. The van der Waals surface area contributed by atoms with E-state index in [2.05, 4.69) is 15.7 Å². The number of phenols is 1. The minimum atomic E-state index is -4.58. The van der Waals surface area contributed by atoms with Gasteiger partial charge in [0.15, 0.2) is 0 Å². The van der Waals surface area contributed by atoms with Gasteiger partial charge in [-0.15, -0.1) is 0 Å². The van der Waals surface area contributed by atoms with E-state index < -0.39 is 23.7 Å². The molecule has 0 atom stereocenters. The molecule has 0 aliphatic heterocycles. The number of amides is 2. The van der Waals surface area contributed by atoms with E-state index in [0.717, 1.165) is 54.6 Å². The quantitative estimate of drug-likeness (QED) is 0.216. The van der Waals surface area contributed by atoms with E-state index >= 15 is 0 Å². The van der Waals surface area contributed by atoms with Crippen LogP contribution < -0.4 is 10.6 Å². The van der Waals surface area contributed by atoms with Gasteiger partial charge in [0, 0.05) is 29.3 Å². The molecule has 1 aliphatic rings. The summed E-state index contributed by atoms with van der Waals surface area (Å²) in [5, 5.41) is 20.7. The van der Waals surface area contributed by atoms with Crippen molar-refractivity contribution in [1.29, 1.82) is 0 Å². The molecule has 0 bridgehead atoms. The molecule has 1 aromatic heterocycles. The van der Waals surface area contributed by atoms with Gasteiger partial charge in [-0.05, 0) is 73.4 Å². The first-order valence-corrected chi connectivity index (χ1v) is 13.3. The summed E-state index contributed by atoms with van der Waals surface area (Å²) in [4.78, 5) is 26.0. The van der Waals surface area contributed by atoms with E-state index in [1.54, 1.807) is 6.07 Å². The van der Waals surface area contributed by atoms with E-state index in [-0.39, 0.29) is 28.5 Å². The zero-order chi connectivity index (χ0) is 29.1. The molecular weight excluding hydrogens is 533 g/mol. The summed E-state index contributed by atoms with van der Waals surface area (Å²) in [5.41, 5.74) is 2.55. The van der Waals surface area contributed by atoms with Crippen LogP contribution in [0.15, 0.2) is 72.8 Å². The van der Waals surface area contributed by atoms with Crippen LogP contribution in [0.4, 0.5) is 23.7 Å². The third kappa shape index (κ3) is 6.26. The number of carbonyl (C=O) groups excluding carboxylic acids is 2. The number of nitrogens with zero attached hydrogens (tertiary/aromatic N) is 2. The highest BCUT2D eigenvalue weighted by atomic mass is 19.4. The minimum absolute atomic E-state index is 0.120. The van der Waals surface area contributed by atoms with Crippen molar-refractivity contribution in [2.75, 3.05) is 5.32 Å². The number of alkyl halides is 3. The molecule has 41 heavy (non-hydrogen) atoms. The Morgan fingerprint density at radius 3 is 2.49 bits per heavy atom. The SMILES string of the molecule is Cc1ccccc1CNC(=O)n1nc(-c2cc(NC(=O)c3cccc(C(F)(F)F)c3)ccc2O)cc1C1CCCC1. The molecule has 10 heteroatoms. The highest BCUT2D eigenvalue weighted by molar-refractivity contribution is 6.04. The van der Waals surface area contributed by atoms with Crippen molar-refractivity contribution < 1.29 is 27.9 Å². The van der Waals surface area contributed by atoms with Crippen molar-refractivity contribution >= 4 is 17.6 Å². The van der Waals surface area contributed by atoms with Crippen LogP contribution in [-0.4, -0.2) is 26.8 Å². The minimum Gasteiger partial charge on any atom is -0.507 e. The highest BCUT2D eigenvalue weighted by Crippen LogP contribution is 2.38. The lowest BCUT2D eigenvalue weighted by atomic mass is 10.0. The monoisotopic (exact) mass is 562 g/mol. The predicted molar refractivity (Wildman–Crippen MR) is 149 cm³/mol. The highest BCUT2D eigenvalue weighted by Gasteiger charge is 2.31. The number of anilines is 1. The van der Waals surface area contributed by atoms with Gasteiger partial charge in [0.1, 0.15) is 5.75 Å². The summed E-state index contributed by atoms with van der Waals surface area (Å²) in [6, 6.07) is 17.6. The molecule has 3 N–H and O–H groups in total. The van der Waals surface area contributed by atoms with Crippen LogP contribution in [-0.2, 0) is 12.7 Å². The molecule has 5 rings (SSSR count). The molecule has 0 radical (unpaired) electrons. The average molecular weight is 563 g/mol. The van der Waals surface area contributed by atoms with Crippen LogP contribution in [0.25, 0.3) is 11.3 Å². The van der Waals surface area contributed by atoms with Crippen molar-refractivity contribution in [2.24, 2.45) is 0 Å². The smallest absolute Gasteiger partial charge is 0.416 e. The lowest BCUT2D eigenvalue weighted by Gasteiger charge is -2.13. The normalized spacial score (nSPS) is 13.8. The lowest BCUT2D eigenvalue weighted by Crippen LogP contribution is -2.31. The Morgan fingerprint density at radius 1 is 1.00 bits per heavy atom. The third-order valence-corrected chi connectivity index (χ3v) is 7.38. The fraction of sp³-hybridized carbons (Fsp3) is 0.258. The van der Waals surface area contributed by atoms with Crippen molar-refractivity contribution in [3.05, 3.63) is 101 Å². The van der Waals surface area contributed by atoms with Gasteiger partial charge in [-0.2, -0.15) is 23.0 Å². The van der Waals surface area contributed by atoms with Crippen LogP contribution in [0.2, 0.25) is 0 Å². The number of carbonyl (C=O) groups is 2. The van der Waals surface area contributed by atoms with Gasteiger partial charge >= 0.3 is 12.2 Å². The molecular formula is C31H29F3N4O3. The molecule has 3 aromatic carbocycles. The molecule has 0 unspecified atom stereocenters. The number of hydrogen-bond donors (Lipinski definition) is 3. The zero-order valence-corrected chi connectivity index (χ0v) is 22.3. The van der Waals surface area contributed by atoms with Crippen LogP contribution in [0.3, 0.4) is 0 Å². The number of nitrogens with one attached hydrogen (secondary N) is 2. The van der Waals surface area contributed by atoms with Gasteiger partial charge in [-0.25, -0.2) is 4.79 Å². The maximum absolute atomic E-state index is 13.3. The number of aromatic nitrogens is 2. The second kappa shape index (κ2) is 11.5. The molecule has 1 fully saturated rings. The van der Waals surface area contributed by atoms with E-state index in [1.165, 1.54) is 35.0 Å². The molecule has 4 aromatic rings. The summed E-state index contributed by atoms with van der Waals surface area (Å²) in [6.45, 7) is 2.30. The number of benzene rings is 3. The van der Waals surface area contributed by atoms with Crippen molar-refractivity contribution in [3.63, 3.8) is 0 Å². The second-order valence-electron chi connectivity index (χ2n) is 10.2. The van der Waals surface area contributed by atoms with Gasteiger partial charge in [-0.3, -0.25) is 4.79 Å². The third-order valence-electron chi connectivity index (χ3n) is 7.38. The number of hydrogen-bond acceptors (Lipinski definition) is 4. The number of phenolic OH excluding ortho intramolecular Hbond substituents is 1. The number of aryl methyl sites for hydroxylation is 1. The van der Waals surface area contributed by atoms with Crippen molar-refractivity contribution in [3.8, 4) is 17.0 Å². The first kappa shape index (κ1) is 27.9. The molecule has 1 saturated carbocycles. The van der Waals surface area contributed by atoms with Crippen LogP contribution in [0.5, 0.6) is 5.75 Å². The molecule has 2 amide bonds. The Hall–Kier alpha value is -4.60. The van der Waals surface area contributed by atoms with Gasteiger partial charge in [-0.1, -0.05) is 43.2 Å². The first-order chi connectivity index (χ1) is 19.6. The zero-order valence-electron chi connectivity index (χ0n) is 22.3. The first-order valence-electron chi connectivity index (χ1n) is 13.3. The Bertz CT molecular complexity index is 1590. The molecule has 7 nitrogen and oxygen atoms in total. The number of rotatable bonds is 6. The molecule has 0 spiro atoms. The number of halogens is 3. The van der Waals surface area contributed by atoms with Gasteiger partial charge in [0.25, 0.3) is 5.91 Å². The van der Waals surface area contributed by atoms with E-state index in [9.17, 15) is 27.9 Å². The summed E-state index contributed by atoms with van der Waals surface area (Å²) in [7, 11) is 0. The van der Waals surface area contributed by atoms with Gasteiger partial charge in [0.2, 0.25) is 0 Å². The fourth-order valence-electron chi connectivity index (χ4n) is 5.12. The summed E-state index contributed by atoms with van der Waals surface area (Å²) in [5.74, 6) is -0.725. The van der Waals surface area contributed by atoms with E-state index in [0.29, 0.717) is 12.2 Å². The Kier molecular flexibility index (Phi) is 7.83. The standard InChI is InChI=1S/C31H29F3N4O3/c1-19-7-2-3-10-22(19)18-35-30(41)38-27(20-8-4-5-9-20)17-26(37-38)25-16-24(13-14-28(25)39)36-29(40)21-11-6-12-23(15-21)31(32,33)34/h2-3,6-7,10-17,20,39H,4-5,8-9,18H2,1H3,(H,35,41)(H,36,40). The van der Waals surface area contributed by atoms with Crippen molar-refractivity contribution in [1.82, 2.24) is 15.1 Å². The molecule has 1 heterocycles. The maximum atomic E-state index is 13.3. The lowest BCUT2D eigenvalue weighted by molar-refractivity contribution is -0.137. The Labute approximate surface area is 235 Å². The fourth-order valence-corrected chi connectivity index (χ4v) is 5.12. The summed E-state index contributed by atoms with van der Waals surface area (Å²) < 4.78 is 40.7. The van der Waals surface area contributed by atoms with Gasteiger partial charge < -0.3 is 15.7 Å². The maximum Gasteiger partial charge on any atom is 0.416 e. The average Bonchev–Trinajstić information content (AvgIpc) is 3.64. The van der Waals surface area contributed by atoms with Crippen LogP contribution >= 0.6 is 0 Å². The Balaban J connectivity index is 1.42. The summed E-state index contributed by atoms with van der Waals surface area (Å²) >= 11 is 0. The second-order valence-corrected chi connectivity index (χ2v) is 10.2.